The summed E-state index contributed by atoms with van der Waals surface area (Å²) in [7, 11) is -11.6. The summed E-state index contributed by atoms with van der Waals surface area (Å²) < 4.78 is 166. The molecule has 2 aromatic carbocycles. The second kappa shape index (κ2) is 11.2. The minimum Gasteiger partial charge on any atom is -0.497 e. The maximum Gasteiger partial charge on any atom is 0.521 e. The van der Waals surface area contributed by atoms with Crippen molar-refractivity contribution in [2.24, 2.45) is 10.3 Å². The van der Waals surface area contributed by atoms with E-state index < -0.39 is 59.7 Å². The van der Waals surface area contributed by atoms with E-state index in [1.807, 2.05) is 0 Å². The molecule has 0 fully saturated rings. The van der Waals surface area contributed by atoms with Gasteiger partial charge in [-0.3, -0.25) is 8.57 Å². The molecule has 0 bridgehead atoms. The van der Waals surface area contributed by atoms with Gasteiger partial charge in [-0.1, -0.05) is 10.3 Å². The Morgan fingerprint density at radius 1 is 0.590 bits per heavy atom. The predicted molar refractivity (Wildman–Crippen MR) is 116 cm³/mol. The lowest BCUT2D eigenvalue weighted by atomic mass is 10.1. The van der Waals surface area contributed by atoms with Crippen molar-refractivity contribution in [1.82, 2.24) is 0 Å². The fraction of sp³-hybridized carbons (Fsp3) is 0.263. The van der Waals surface area contributed by atoms with Gasteiger partial charge in [-0.05, 0) is 48.5 Å². The molecule has 0 aromatic heterocycles. The molecule has 0 saturated heterocycles. The van der Waals surface area contributed by atoms with E-state index in [0.717, 1.165) is 38.5 Å². The van der Waals surface area contributed by atoms with Crippen LogP contribution in [0, 0.1) is 0 Å². The summed E-state index contributed by atoms with van der Waals surface area (Å²) in [5, 5.41) is 4.21. The van der Waals surface area contributed by atoms with Crippen LogP contribution < -0.4 is 9.47 Å². The highest BCUT2D eigenvalue weighted by atomic mass is 32.3. The number of methoxy groups -OCH3 is 2. The minimum atomic E-state index is -6.98. The molecule has 216 valence electrons. The fourth-order valence-electron chi connectivity index (χ4n) is 2.42. The highest BCUT2D eigenvalue weighted by molar-refractivity contribution is 8.05. The monoisotopic (exact) mass is 614 g/mol. The van der Waals surface area contributed by atoms with Crippen molar-refractivity contribution in [2.75, 3.05) is 14.2 Å². The zero-order valence-corrected chi connectivity index (χ0v) is 20.8. The van der Waals surface area contributed by atoms with Crippen molar-refractivity contribution in [2.45, 2.75) is 16.9 Å². The molecule has 10 nitrogen and oxygen atoms in total. The van der Waals surface area contributed by atoms with E-state index in [2.05, 4.69) is 18.9 Å². The Bertz CT molecular complexity index is 1330. The molecule has 0 aliphatic rings. The first-order valence-electron chi connectivity index (χ1n) is 9.60. The number of ether oxygens (including phenoxy) is 2. The van der Waals surface area contributed by atoms with Gasteiger partial charge in [-0.2, -0.15) is 52.0 Å². The maximum atomic E-state index is 14.3. The van der Waals surface area contributed by atoms with Gasteiger partial charge < -0.3 is 9.47 Å². The molecule has 0 saturated carbocycles. The number of hydrogen-bond donors (Lipinski definition) is 0. The van der Waals surface area contributed by atoms with Gasteiger partial charge in [-0.15, -0.1) is 0 Å². The molecule has 0 radical (unpaired) electrons. The van der Waals surface area contributed by atoms with Gasteiger partial charge in [0, 0.05) is 11.1 Å². The van der Waals surface area contributed by atoms with Gasteiger partial charge in [-0.25, -0.2) is 0 Å². The smallest absolute Gasteiger partial charge is 0.497 e. The first kappa shape index (κ1) is 31.5. The average molecular weight is 614 g/mol. The third-order valence-corrected chi connectivity index (χ3v) is 7.23. The Morgan fingerprint density at radius 2 is 0.872 bits per heavy atom. The molecule has 2 rings (SSSR count). The quantitative estimate of drug-likeness (QED) is 0.222. The number of oxime groups is 2. The van der Waals surface area contributed by atoms with Crippen LogP contribution in [0.4, 0.5) is 35.1 Å². The molecule has 0 atom stereocenters. The van der Waals surface area contributed by atoms with Gasteiger partial charge >= 0.3 is 37.2 Å². The molecule has 20 heteroatoms. The molecule has 39 heavy (non-hydrogen) atoms. The van der Waals surface area contributed by atoms with E-state index in [4.69, 9.17) is 9.47 Å². The summed E-state index contributed by atoms with van der Waals surface area (Å²) in [5.74, 6) is 0.0778. The van der Waals surface area contributed by atoms with E-state index in [1.165, 1.54) is 0 Å². The van der Waals surface area contributed by atoms with Gasteiger partial charge in [0.2, 0.25) is 0 Å². The lowest BCUT2D eigenvalue weighted by Gasteiger charge is -2.15. The zero-order chi connectivity index (χ0) is 29.9. The van der Waals surface area contributed by atoms with Crippen molar-refractivity contribution in [1.29, 1.82) is 0 Å². The molecule has 0 unspecified atom stereocenters. The van der Waals surface area contributed by atoms with Crippen molar-refractivity contribution in [3.8, 4) is 11.5 Å². The summed E-state index contributed by atoms with van der Waals surface area (Å²) in [6.45, 7) is 0. The summed E-state index contributed by atoms with van der Waals surface area (Å²) in [5.41, 5.74) is -6.22. The Hall–Kier alpha value is -3.68. The predicted octanol–water partition coefficient (Wildman–Crippen LogP) is 4.18. The molecule has 0 N–H and O–H groups in total. The lowest BCUT2D eigenvalue weighted by molar-refractivity contribution is -0.0606. The molecular formula is C19H14F8N2O8S2. The van der Waals surface area contributed by atoms with Crippen molar-refractivity contribution in [3.05, 3.63) is 59.7 Å². The summed E-state index contributed by atoms with van der Waals surface area (Å²) in [6.07, 6.45) is -11.0. The normalized spacial score (nSPS) is 14.1. The highest BCUT2D eigenvalue weighted by Crippen LogP contribution is 2.34. The standard InChI is InChI=1S/C19H14F8N2O8S2/c1-34-13-7-3-11(4-8-13)15(17(20,21)22)28-36-38(30,31)19(26,27)39(32,33)37-29-16(18(23,24)25)12-5-9-14(35-2)10-6-12/h3-10H,1-2H3/b28-15-,29-16-. The van der Waals surface area contributed by atoms with Crippen LogP contribution in [-0.2, 0) is 28.8 Å². The summed E-state index contributed by atoms with van der Waals surface area (Å²) in [6, 6.07) is 6.57. The summed E-state index contributed by atoms with van der Waals surface area (Å²) in [4.78, 5) is 0. The zero-order valence-electron chi connectivity index (χ0n) is 19.1. The van der Waals surface area contributed by atoms with Gasteiger partial charge in [0.15, 0.2) is 11.4 Å². The molecule has 0 aliphatic carbocycles. The second-order valence-electron chi connectivity index (χ2n) is 6.85. The minimum absolute atomic E-state index is 0.0389. The van der Waals surface area contributed by atoms with Crippen LogP contribution in [0.2, 0.25) is 0 Å². The Labute approximate surface area is 214 Å². The van der Waals surface area contributed by atoms with Crippen LogP contribution in [0.5, 0.6) is 11.5 Å². The van der Waals surface area contributed by atoms with Crippen LogP contribution in [-0.4, -0.2) is 59.4 Å². The number of benzene rings is 2. The van der Waals surface area contributed by atoms with Crippen LogP contribution in [0.25, 0.3) is 0 Å². The Balaban J connectivity index is 2.44. The SMILES string of the molecule is COc1ccc(/C(=N/OS(=O)(=O)C(F)(F)S(=O)(=O)O/N=C(/c2ccc(OC)cc2)C(F)(F)F)C(F)(F)F)cc1. The molecule has 2 aromatic rings. The third kappa shape index (κ3) is 7.25. The number of nitrogens with zero attached hydrogens (tertiary/aromatic N) is 2. The van der Waals surface area contributed by atoms with E-state index in [0.29, 0.717) is 24.3 Å². The average Bonchev–Trinajstić information content (AvgIpc) is 2.83. The number of rotatable bonds is 10. The highest BCUT2D eigenvalue weighted by Gasteiger charge is 2.63. The first-order valence-corrected chi connectivity index (χ1v) is 12.4. The number of alkyl halides is 8. The largest absolute Gasteiger partial charge is 0.521 e. The summed E-state index contributed by atoms with van der Waals surface area (Å²) >= 11 is 0. The first-order chi connectivity index (χ1) is 17.8. The Morgan fingerprint density at radius 3 is 1.10 bits per heavy atom. The van der Waals surface area contributed by atoms with Gasteiger partial charge in [0.1, 0.15) is 11.5 Å². The number of halogens is 8. The topological polar surface area (TPSA) is 130 Å². The van der Waals surface area contributed by atoms with Crippen LogP contribution in [0.1, 0.15) is 11.1 Å². The molecule has 0 aliphatic heterocycles. The van der Waals surface area contributed by atoms with E-state index >= 15 is 0 Å². The van der Waals surface area contributed by atoms with Crippen molar-refractivity contribution < 1.29 is 70.0 Å². The van der Waals surface area contributed by atoms with E-state index in [9.17, 15) is 52.0 Å². The molecule has 0 amide bonds. The molecular weight excluding hydrogens is 600 g/mol. The van der Waals surface area contributed by atoms with Crippen LogP contribution in [0.15, 0.2) is 58.8 Å². The lowest BCUT2D eigenvalue weighted by Crippen LogP contribution is -2.39. The Kier molecular flexibility index (Phi) is 9.06. The molecule has 0 spiro atoms. The molecule has 0 heterocycles. The number of hydrogen-bond acceptors (Lipinski definition) is 10. The van der Waals surface area contributed by atoms with Crippen LogP contribution >= 0.6 is 0 Å². The maximum absolute atomic E-state index is 14.3. The second-order valence-corrected chi connectivity index (χ2v) is 10.3. The van der Waals surface area contributed by atoms with E-state index in [-0.39, 0.29) is 11.5 Å². The van der Waals surface area contributed by atoms with Gasteiger partial charge in [0.25, 0.3) is 0 Å². The van der Waals surface area contributed by atoms with Crippen molar-refractivity contribution >= 4 is 31.7 Å². The van der Waals surface area contributed by atoms with E-state index in [1.54, 1.807) is 0 Å². The fourth-order valence-corrected chi connectivity index (χ4v) is 4.12. The van der Waals surface area contributed by atoms with Crippen molar-refractivity contribution in [3.63, 3.8) is 0 Å². The third-order valence-electron chi connectivity index (χ3n) is 4.30. The van der Waals surface area contributed by atoms with Gasteiger partial charge in [0.05, 0.1) is 14.2 Å². The van der Waals surface area contributed by atoms with Crippen LogP contribution in [0.3, 0.4) is 0 Å².